The maximum atomic E-state index is 6.04. The van der Waals surface area contributed by atoms with E-state index in [2.05, 4.69) is 43.0 Å². The first kappa shape index (κ1) is 15.4. The van der Waals surface area contributed by atoms with Gasteiger partial charge in [-0.2, -0.15) is 0 Å². The van der Waals surface area contributed by atoms with E-state index in [9.17, 15) is 0 Å². The van der Waals surface area contributed by atoms with Crippen molar-refractivity contribution in [3.8, 4) is 0 Å². The van der Waals surface area contributed by atoms with Crippen LogP contribution in [0.15, 0.2) is 24.3 Å². The molecule has 1 fully saturated rings. The molecule has 1 unspecified atom stereocenters. The third kappa shape index (κ3) is 3.79. The molecular weight excluding hydrogens is 252 g/mol. The molecule has 0 amide bonds. The number of nitrogens with two attached hydrogens (primary N) is 1. The third-order valence-corrected chi connectivity index (χ3v) is 3.76. The van der Waals surface area contributed by atoms with Gasteiger partial charge in [-0.15, -0.1) is 0 Å². The minimum atomic E-state index is 0.251. The van der Waals surface area contributed by atoms with Crippen LogP contribution in [0.5, 0.6) is 0 Å². The van der Waals surface area contributed by atoms with Crippen LogP contribution in [0.2, 0.25) is 0 Å². The van der Waals surface area contributed by atoms with Gasteiger partial charge in [-0.25, -0.2) is 0 Å². The zero-order valence-corrected chi connectivity index (χ0v) is 12.7. The zero-order chi connectivity index (χ0) is 14.5. The summed E-state index contributed by atoms with van der Waals surface area (Å²) in [6, 6.07) is 8.78. The fourth-order valence-electron chi connectivity index (χ4n) is 3.02. The van der Waals surface area contributed by atoms with Crippen molar-refractivity contribution in [2.75, 3.05) is 26.7 Å². The highest BCUT2D eigenvalue weighted by Crippen LogP contribution is 2.25. The fourth-order valence-corrected chi connectivity index (χ4v) is 3.02. The number of nitrogens with zero attached hydrogens (tertiary/aromatic N) is 1. The Morgan fingerprint density at radius 2 is 2.05 bits per heavy atom. The summed E-state index contributed by atoms with van der Waals surface area (Å²) in [5.41, 5.74) is 8.50. The molecule has 4 heteroatoms. The van der Waals surface area contributed by atoms with E-state index in [1.54, 1.807) is 7.11 Å². The van der Waals surface area contributed by atoms with Gasteiger partial charge >= 0.3 is 0 Å². The summed E-state index contributed by atoms with van der Waals surface area (Å²) in [7, 11) is 1.72. The molecular formula is C16H26N2O2. The zero-order valence-electron chi connectivity index (χ0n) is 12.7. The molecule has 0 saturated carbocycles. The quantitative estimate of drug-likeness (QED) is 0.894. The van der Waals surface area contributed by atoms with Crippen molar-refractivity contribution in [3.63, 3.8) is 0 Å². The number of morpholine rings is 1. The Balaban J connectivity index is 2.16. The molecule has 1 saturated heterocycles. The third-order valence-electron chi connectivity index (χ3n) is 3.76. The lowest BCUT2D eigenvalue weighted by Crippen LogP contribution is -2.48. The van der Waals surface area contributed by atoms with Gasteiger partial charge in [0.2, 0.25) is 0 Å². The van der Waals surface area contributed by atoms with E-state index in [-0.39, 0.29) is 18.2 Å². The summed E-state index contributed by atoms with van der Waals surface area (Å²) in [6.45, 7) is 7.37. The normalized spacial score (nSPS) is 25.6. The van der Waals surface area contributed by atoms with E-state index in [1.165, 1.54) is 11.1 Å². The van der Waals surface area contributed by atoms with Crippen LogP contribution in [-0.4, -0.2) is 43.9 Å². The largest absolute Gasteiger partial charge is 0.380 e. The Hall–Kier alpha value is -0.940. The first-order valence-electron chi connectivity index (χ1n) is 7.31. The highest BCUT2D eigenvalue weighted by molar-refractivity contribution is 5.26. The predicted octanol–water partition coefficient (Wildman–Crippen LogP) is 1.94. The summed E-state index contributed by atoms with van der Waals surface area (Å²) in [6.07, 6.45) is 0.518. The van der Waals surface area contributed by atoms with E-state index in [4.69, 9.17) is 15.2 Å². The fraction of sp³-hybridized carbons (Fsp3) is 0.625. The molecule has 1 aliphatic heterocycles. The van der Waals surface area contributed by atoms with Crippen LogP contribution >= 0.6 is 0 Å². The molecule has 1 aliphatic rings. The molecule has 0 aromatic heterocycles. The second-order valence-electron chi connectivity index (χ2n) is 5.64. The van der Waals surface area contributed by atoms with Gasteiger partial charge in [0.05, 0.1) is 18.8 Å². The molecule has 20 heavy (non-hydrogen) atoms. The van der Waals surface area contributed by atoms with E-state index in [1.807, 2.05) is 0 Å². The Morgan fingerprint density at radius 1 is 1.35 bits per heavy atom. The molecule has 0 spiro atoms. The number of ether oxygens (including phenoxy) is 2. The van der Waals surface area contributed by atoms with Gasteiger partial charge in [-0.3, -0.25) is 4.90 Å². The van der Waals surface area contributed by atoms with Crippen molar-refractivity contribution in [2.45, 2.75) is 38.7 Å². The summed E-state index contributed by atoms with van der Waals surface area (Å²) in [5.74, 6) is 0. The average Bonchev–Trinajstić information content (AvgIpc) is 2.39. The second kappa shape index (κ2) is 7.18. The first-order chi connectivity index (χ1) is 9.63. The highest BCUT2D eigenvalue weighted by Gasteiger charge is 2.28. The van der Waals surface area contributed by atoms with Gasteiger partial charge in [0, 0.05) is 32.8 Å². The standard InChI is InChI=1S/C16H26N2O2/c1-12-9-18(10-13(2)20-12)16(8-17)15-6-4-5-14(7-15)11-19-3/h4-7,12-13,16H,8-11,17H2,1-3H3/t12-,13+,16?. The van der Waals surface area contributed by atoms with Crippen LogP contribution in [0.4, 0.5) is 0 Å². The van der Waals surface area contributed by atoms with Gasteiger partial charge < -0.3 is 15.2 Å². The smallest absolute Gasteiger partial charge is 0.0713 e. The van der Waals surface area contributed by atoms with Crippen LogP contribution < -0.4 is 5.73 Å². The summed E-state index contributed by atoms with van der Waals surface area (Å²) in [5, 5.41) is 0. The van der Waals surface area contributed by atoms with Crippen molar-refractivity contribution < 1.29 is 9.47 Å². The maximum absolute atomic E-state index is 6.04. The van der Waals surface area contributed by atoms with Crippen molar-refractivity contribution >= 4 is 0 Å². The number of rotatable bonds is 5. The topological polar surface area (TPSA) is 47.7 Å². The minimum Gasteiger partial charge on any atom is -0.380 e. The number of hydrogen-bond donors (Lipinski definition) is 1. The highest BCUT2D eigenvalue weighted by atomic mass is 16.5. The Bertz CT molecular complexity index is 415. The molecule has 1 aromatic carbocycles. The van der Waals surface area contributed by atoms with E-state index >= 15 is 0 Å². The van der Waals surface area contributed by atoms with Gasteiger partial charge in [0.1, 0.15) is 0 Å². The summed E-state index contributed by atoms with van der Waals surface area (Å²) in [4.78, 5) is 2.44. The van der Waals surface area contributed by atoms with Gasteiger partial charge in [0.25, 0.3) is 0 Å². The SMILES string of the molecule is COCc1cccc(C(CN)N2C[C@@H](C)O[C@@H](C)C2)c1. The summed E-state index contributed by atoms with van der Waals surface area (Å²) >= 11 is 0. The Kier molecular flexibility index (Phi) is 5.54. The first-order valence-corrected chi connectivity index (χ1v) is 7.31. The molecule has 3 atom stereocenters. The molecule has 0 bridgehead atoms. The number of methoxy groups -OCH3 is 1. The summed E-state index contributed by atoms with van der Waals surface area (Å²) < 4.78 is 11.0. The molecule has 1 aromatic rings. The lowest BCUT2D eigenvalue weighted by molar-refractivity contribution is -0.0799. The number of hydrogen-bond acceptors (Lipinski definition) is 4. The molecule has 4 nitrogen and oxygen atoms in total. The molecule has 112 valence electrons. The van der Waals surface area contributed by atoms with E-state index < -0.39 is 0 Å². The van der Waals surface area contributed by atoms with Crippen LogP contribution in [0, 0.1) is 0 Å². The van der Waals surface area contributed by atoms with Gasteiger partial charge in [-0.05, 0) is 25.0 Å². The molecule has 0 radical (unpaired) electrons. The minimum absolute atomic E-state index is 0.251. The second-order valence-corrected chi connectivity index (χ2v) is 5.64. The van der Waals surface area contributed by atoms with Crippen molar-refractivity contribution in [1.29, 1.82) is 0 Å². The van der Waals surface area contributed by atoms with Crippen molar-refractivity contribution in [2.24, 2.45) is 5.73 Å². The molecule has 0 aliphatic carbocycles. The van der Waals surface area contributed by atoms with E-state index in [0.717, 1.165) is 13.1 Å². The monoisotopic (exact) mass is 278 g/mol. The van der Waals surface area contributed by atoms with Gasteiger partial charge in [0.15, 0.2) is 0 Å². The van der Waals surface area contributed by atoms with Crippen LogP contribution in [0.1, 0.15) is 31.0 Å². The van der Waals surface area contributed by atoms with E-state index in [0.29, 0.717) is 13.2 Å². The maximum Gasteiger partial charge on any atom is 0.0713 e. The number of benzene rings is 1. The van der Waals surface area contributed by atoms with Crippen molar-refractivity contribution in [1.82, 2.24) is 4.90 Å². The lowest BCUT2D eigenvalue weighted by atomic mass is 10.0. The lowest BCUT2D eigenvalue weighted by Gasteiger charge is -2.40. The van der Waals surface area contributed by atoms with Crippen LogP contribution in [0.3, 0.4) is 0 Å². The van der Waals surface area contributed by atoms with Crippen LogP contribution in [0.25, 0.3) is 0 Å². The Labute approximate surface area is 121 Å². The Morgan fingerprint density at radius 3 is 2.65 bits per heavy atom. The predicted molar refractivity (Wildman–Crippen MR) is 80.5 cm³/mol. The molecule has 2 N–H and O–H groups in total. The van der Waals surface area contributed by atoms with Crippen molar-refractivity contribution in [3.05, 3.63) is 35.4 Å². The average molecular weight is 278 g/mol. The van der Waals surface area contributed by atoms with Crippen LogP contribution in [-0.2, 0) is 16.1 Å². The molecule has 1 heterocycles. The molecule has 2 rings (SSSR count). The van der Waals surface area contributed by atoms with Gasteiger partial charge in [-0.1, -0.05) is 24.3 Å².